The van der Waals surface area contributed by atoms with E-state index in [0.717, 1.165) is 17.1 Å². The molecule has 3 nitrogen and oxygen atoms in total. The topological polar surface area (TPSA) is 29.5 Å². The number of para-hydroxylation sites is 1. The van der Waals surface area contributed by atoms with Crippen LogP contribution < -0.4 is 9.64 Å². The van der Waals surface area contributed by atoms with Crippen molar-refractivity contribution in [2.24, 2.45) is 0 Å². The van der Waals surface area contributed by atoms with Crippen LogP contribution >= 0.6 is 0 Å². The Balaban J connectivity index is 1.76. The highest BCUT2D eigenvalue weighted by Gasteiger charge is 2.38. The van der Waals surface area contributed by atoms with E-state index < -0.39 is 0 Å². The van der Waals surface area contributed by atoms with Crippen molar-refractivity contribution in [3.63, 3.8) is 0 Å². The molecule has 0 radical (unpaired) electrons. The third kappa shape index (κ3) is 2.94. The predicted octanol–water partition coefficient (Wildman–Crippen LogP) is 4.25. The SMILES string of the molecule is Cc1ccc(OCC(=O)/C=C2\N(C)c3ccccc3C2(C)C)cc1. The second-order valence-corrected chi connectivity index (χ2v) is 6.80. The smallest absolute Gasteiger partial charge is 0.194 e. The van der Waals surface area contributed by atoms with Crippen LogP contribution in [0.4, 0.5) is 5.69 Å². The van der Waals surface area contributed by atoms with Crippen molar-refractivity contribution < 1.29 is 9.53 Å². The molecule has 0 aromatic heterocycles. The molecule has 0 atom stereocenters. The minimum Gasteiger partial charge on any atom is -0.485 e. The van der Waals surface area contributed by atoms with Gasteiger partial charge >= 0.3 is 0 Å². The molecule has 0 amide bonds. The fourth-order valence-corrected chi connectivity index (χ4v) is 3.24. The Labute approximate surface area is 143 Å². The number of anilines is 1. The van der Waals surface area contributed by atoms with E-state index in [1.165, 1.54) is 11.1 Å². The summed E-state index contributed by atoms with van der Waals surface area (Å²) in [5.74, 6) is 0.688. The number of fused-ring (bicyclic) bond motifs is 1. The van der Waals surface area contributed by atoms with Gasteiger partial charge in [0.25, 0.3) is 0 Å². The first-order chi connectivity index (χ1) is 11.4. The molecule has 0 aliphatic carbocycles. The minimum atomic E-state index is -0.190. The summed E-state index contributed by atoms with van der Waals surface area (Å²) in [6.45, 7) is 6.37. The Morgan fingerprint density at radius 1 is 1.12 bits per heavy atom. The maximum atomic E-state index is 12.4. The molecule has 0 unspecified atom stereocenters. The first kappa shape index (κ1) is 16.3. The normalized spacial score (nSPS) is 17.0. The van der Waals surface area contributed by atoms with Gasteiger partial charge in [-0.3, -0.25) is 4.79 Å². The number of carbonyl (C=O) groups is 1. The molecule has 1 heterocycles. The lowest BCUT2D eigenvalue weighted by molar-refractivity contribution is -0.116. The van der Waals surface area contributed by atoms with Crippen LogP contribution in [-0.4, -0.2) is 19.4 Å². The van der Waals surface area contributed by atoms with Crippen molar-refractivity contribution in [1.82, 2.24) is 0 Å². The zero-order valence-electron chi connectivity index (χ0n) is 14.7. The van der Waals surface area contributed by atoms with Crippen LogP contribution in [0.3, 0.4) is 0 Å². The third-order valence-electron chi connectivity index (χ3n) is 4.64. The quantitative estimate of drug-likeness (QED) is 0.788. The number of allylic oxidation sites excluding steroid dienone is 1. The number of rotatable bonds is 4. The van der Waals surface area contributed by atoms with Crippen molar-refractivity contribution in [3.8, 4) is 5.75 Å². The number of nitrogens with zero attached hydrogens (tertiary/aromatic N) is 1. The van der Waals surface area contributed by atoms with Crippen molar-refractivity contribution in [2.75, 3.05) is 18.6 Å². The minimum absolute atomic E-state index is 0.0293. The molecule has 0 spiro atoms. The number of carbonyl (C=O) groups excluding carboxylic acids is 1. The highest BCUT2D eigenvalue weighted by atomic mass is 16.5. The summed E-state index contributed by atoms with van der Waals surface area (Å²) in [5.41, 5.74) is 4.38. The Morgan fingerprint density at radius 2 is 1.79 bits per heavy atom. The molecule has 3 rings (SSSR count). The van der Waals surface area contributed by atoms with Gasteiger partial charge in [-0.25, -0.2) is 0 Å². The Morgan fingerprint density at radius 3 is 2.46 bits per heavy atom. The fraction of sp³-hybridized carbons (Fsp3) is 0.286. The summed E-state index contributed by atoms with van der Waals surface area (Å²) in [4.78, 5) is 14.5. The van der Waals surface area contributed by atoms with Crippen molar-refractivity contribution in [2.45, 2.75) is 26.2 Å². The molecule has 2 aromatic carbocycles. The van der Waals surface area contributed by atoms with Gasteiger partial charge in [0.15, 0.2) is 12.4 Å². The van der Waals surface area contributed by atoms with Crippen molar-refractivity contribution in [3.05, 3.63) is 71.4 Å². The molecule has 0 bridgehead atoms. The second-order valence-electron chi connectivity index (χ2n) is 6.80. The molecule has 0 saturated carbocycles. The monoisotopic (exact) mass is 321 g/mol. The fourth-order valence-electron chi connectivity index (χ4n) is 3.24. The lowest BCUT2D eigenvalue weighted by atomic mass is 9.83. The molecule has 124 valence electrons. The zero-order chi connectivity index (χ0) is 17.3. The molecule has 24 heavy (non-hydrogen) atoms. The van der Waals surface area contributed by atoms with E-state index >= 15 is 0 Å². The van der Waals surface area contributed by atoms with E-state index in [9.17, 15) is 4.79 Å². The number of aryl methyl sites for hydroxylation is 1. The number of benzene rings is 2. The van der Waals surface area contributed by atoms with E-state index in [2.05, 4.69) is 30.9 Å². The summed E-state index contributed by atoms with van der Waals surface area (Å²) < 4.78 is 5.60. The molecular weight excluding hydrogens is 298 g/mol. The molecule has 0 fully saturated rings. The molecular formula is C21H23NO2. The maximum absolute atomic E-state index is 12.4. The van der Waals surface area contributed by atoms with Crippen LogP contribution in [0.2, 0.25) is 0 Å². The average molecular weight is 321 g/mol. The first-order valence-electron chi connectivity index (χ1n) is 8.17. The van der Waals surface area contributed by atoms with Gasteiger partial charge in [0, 0.05) is 29.9 Å². The summed E-state index contributed by atoms with van der Waals surface area (Å²) in [6.07, 6.45) is 1.72. The molecule has 0 N–H and O–H groups in total. The van der Waals surface area contributed by atoms with Crippen LogP contribution in [0.1, 0.15) is 25.0 Å². The molecule has 2 aromatic rings. The summed E-state index contributed by atoms with van der Waals surface area (Å²) in [7, 11) is 2.01. The predicted molar refractivity (Wildman–Crippen MR) is 97.6 cm³/mol. The highest BCUT2D eigenvalue weighted by Crippen LogP contribution is 2.46. The van der Waals surface area contributed by atoms with Gasteiger partial charge in [-0.15, -0.1) is 0 Å². The molecule has 1 aliphatic heterocycles. The van der Waals surface area contributed by atoms with Crippen LogP contribution in [-0.2, 0) is 10.2 Å². The van der Waals surface area contributed by atoms with Gasteiger partial charge in [-0.2, -0.15) is 0 Å². The summed E-state index contributed by atoms with van der Waals surface area (Å²) in [5, 5.41) is 0. The lowest BCUT2D eigenvalue weighted by Gasteiger charge is -2.23. The number of ether oxygens (including phenoxy) is 1. The van der Waals surface area contributed by atoms with E-state index in [1.807, 2.05) is 50.4 Å². The Bertz CT molecular complexity index is 788. The Hall–Kier alpha value is -2.55. The van der Waals surface area contributed by atoms with E-state index in [0.29, 0.717) is 0 Å². The van der Waals surface area contributed by atoms with E-state index in [-0.39, 0.29) is 17.8 Å². The molecule has 3 heteroatoms. The summed E-state index contributed by atoms with van der Waals surface area (Å²) >= 11 is 0. The standard InChI is InChI=1S/C21H23NO2/c1-15-9-11-17(12-10-15)24-14-16(23)13-20-21(2,3)18-7-5-6-8-19(18)22(20)4/h5-13H,14H2,1-4H3/b20-13-. The van der Waals surface area contributed by atoms with Crippen molar-refractivity contribution >= 4 is 11.5 Å². The van der Waals surface area contributed by atoms with E-state index in [4.69, 9.17) is 4.74 Å². The molecule has 0 saturated heterocycles. The largest absolute Gasteiger partial charge is 0.485 e. The van der Waals surface area contributed by atoms with Crippen LogP contribution in [0.25, 0.3) is 0 Å². The van der Waals surface area contributed by atoms with Crippen LogP contribution in [0.5, 0.6) is 5.75 Å². The zero-order valence-corrected chi connectivity index (χ0v) is 14.7. The van der Waals surface area contributed by atoms with Gasteiger partial charge in [0.2, 0.25) is 0 Å². The number of hydrogen-bond donors (Lipinski definition) is 0. The van der Waals surface area contributed by atoms with Crippen LogP contribution in [0.15, 0.2) is 60.3 Å². The third-order valence-corrected chi connectivity index (χ3v) is 4.64. The van der Waals surface area contributed by atoms with Gasteiger partial charge in [0.05, 0.1) is 0 Å². The number of hydrogen-bond acceptors (Lipinski definition) is 3. The highest BCUT2D eigenvalue weighted by molar-refractivity contribution is 5.93. The van der Waals surface area contributed by atoms with Gasteiger partial charge in [-0.05, 0) is 30.7 Å². The number of ketones is 1. The van der Waals surface area contributed by atoms with Gasteiger partial charge in [-0.1, -0.05) is 49.7 Å². The van der Waals surface area contributed by atoms with Gasteiger partial charge < -0.3 is 9.64 Å². The number of likely N-dealkylation sites (N-methyl/N-ethyl adjacent to an activating group) is 1. The second kappa shape index (κ2) is 6.16. The van der Waals surface area contributed by atoms with Gasteiger partial charge in [0.1, 0.15) is 5.75 Å². The maximum Gasteiger partial charge on any atom is 0.194 e. The van der Waals surface area contributed by atoms with E-state index in [1.54, 1.807) is 6.08 Å². The first-order valence-corrected chi connectivity index (χ1v) is 8.17. The lowest BCUT2D eigenvalue weighted by Crippen LogP contribution is -2.25. The molecule has 1 aliphatic rings. The average Bonchev–Trinajstić information content (AvgIpc) is 2.76. The Kier molecular flexibility index (Phi) is 4.18. The van der Waals surface area contributed by atoms with Crippen molar-refractivity contribution in [1.29, 1.82) is 0 Å². The summed E-state index contributed by atoms with van der Waals surface area (Å²) in [6, 6.07) is 16.0. The van der Waals surface area contributed by atoms with Crippen LogP contribution in [0, 0.1) is 6.92 Å².